The minimum Gasteiger partial charge on any atom is -0.360 e. The van der Waals surface area contributed by atoms with Crippen LogP contribution >= 0.6 is 0 Å². The first-order valence-electron chi connectivity index (χ1n) is 8.26. The molecule has 1 fully saturated rings. The molecule has 0 radical (unpaired) electrons. The molecule has 1 aromatic carbocycles. The van der Waals surface area contributed by atoms with E-state index in [-0.39, 0.29) is 24.2 Å². The molecule has 0 saturated carbocycles. The molecule has 1 saturated heterocycles. The van der Waals surface area contributed by atoms with E-state index in [0.29, 0.717) is 18.1 Å². The molecule has 0 spiro atoms. The Bertz CT molecular complexity index is 812. The molecule has 2 aliphatic rings. The topological polar surface area (TPSA) is 75.4 Å². The molecule has 6 nitrogen and oxygen atoms in total. The van der Waals surface area contributed by atoms with Crippen molar-refractivity contribution in [3.05, 3.63) is 41.2 Å². The Hall–Kier alpha value is -2.63. The summed E-state index contributed by atoms with van der Waals surface area (Å²) >= 11 is 0. The van der Waals surface area contributed by atoms with Crippen LogP contribution in [0.15, 0.2) is 28.8 Å². The van der Waals surface area contributed by atoms with Crippen LogP contribution in [0.5, 0.6) is 0 Å². The van der Waals surface area contributed by atoms with Gasteiger partial charge < -0.3 is 14.7 Å². The maximum atomic E-state index is 12.4. The summed E-state index contributed by atoms with van der Waals surface area (Å²) in [6.45, 7) is 2.16. The number of carbonyl (C=O) groups excluding carboxylic acids is 2. The molecule has 4 rings (SSSR count). The van der Waals surface area contributed by atoms with Crippen LogP contribution in [0.2, 0.25) is 0 Å². The summed E-state index contributed by atoms with van der Waals surface area (Å²) in [6, 6.07) is 7.86. The van der Waals surface area contributed by atoms with Crippen LogP contribution in [0.4, 0.5) is 11.5 Å². The molecule has 1 aromatic heterocycles. The normalized spacial score (nSPS) is 19.6. The first kappa shape index (κ1) is 14.9. The van der Waals surface area contributed by atoms with E-state index in [9.17, 15) is 9.59 Å². The Morgan fingerprint density at radius 1 is 1.29 bits per heavy atom. The lowest BCUT2D eigenvalue weighted by Gasteiger charge is -2.17. The van der Waals surface area contributed by atoms with Gasteiger partial charge in [-0.3, -0.25) is 9.59 Å². The number of hydrogen-bond acceptors (Lipinski definition) is 4. The Balaban J connectivity index is 1.47. The van der Waals surface area contributed by atoms with Gasteiger partial charge in [0, 0.05) is 24.7 Å². The summed E-state index contributed by atoms with van der Waals surface area (Å²) in [7, 11) is 0. The van der Waals surface area contributed by atoms with Crippen molar-refractivity contribution in [1.82, 2.24) is 5.16 Å². The third-order valence-corrected chi connectivity index (χ3v) is 4.77. The highest BCUT2D eigenvalue weighted by Crippen LogP contribution is 2.30. The number of amides is 2. The van der Waals surface area contributed by atoms with Crippen molar-refractivity contribution in [2.75, 3.05) is 16.8 Å². The van der Waals surface area contributed by atoms with E-state index in [1.165, 1.54) is 17.5 Å². The fourth-order valence-corrected chi connectivity index (χ4v) is 3.51. The van der Waals surface area contributed by atoms with Crippen LogP contribution in [-0.4, -0.2) is 23.5 Å². The molecule has 124 valence electrons. The molecule has 1 aliphatic heterocycles. The molecule has 1 aliphatic carbocycles. The molecule has 0 unspecified atom stereocenters. The molecule has 6 heteroatoms. The maximum absolute atomic E-state index is 12.4. The van der Waals surface area contributed by atoms with E-state index in [4.69, 9.17) is 4.52 Å². The Labute approximate surface area is 139 Å². The van der Waals surface area contributed by atoms with Crippen molar-refractivity contribution in [1.29, 1.82) is 0 Å². The lowest BCUT2D eigenvalue weighted by Crippen LogP contribution is -2.28. The smallest absolute Gasteiger partial charge is 0.231 e. The number of anilines is 2. The average Bonchev–Trinajstić information content (AvgIpc) is 3.26. The standard InChI is InChI=1S/C18H19N3O3/c1-11-7-16(20-24-11)19-18(23)14-9-17(22)21(10-14)15-6-5-12-3-2-4-13(12)8-15/h5-8,14H,2-4,9-10H2,1H3,(H,19,20,23)/t14-/m1/s1. The van der Waals surface area contributed by atoms with E-state index in [1.807, 2.05) is 6.07 Å². The van der Waals surface area contributed by atoms with Crippen LogP contribution in [0.1, 0.15) is 29.7 Å². The van der Waals surface area contributed by atoms with E-state index in [0.717, 1.165) is 18.5 Å². The Morgan fingerprint density at radius 3 is 2.92 bits per heavy atom. The molecule has 2 amide bonds. The van der Waals surface area contributed by atoms with E-state index >= 15 is 0 Å². The van der Waals surface area contributed by atoms with Crippen molar-refractivity contribution < 1.29 is 14.1 Å². The van der Waals surface area contributed by atoms with Gasteiger partial charge >= 0.3 is 0 Å². The summed E-state index contributed by atoms with van der Waals surface area (Å²) in [5.41, 5.74) is 3.60. The molecule has 0 bridgehead atoms. The average molecular weight is 325 g/mol. The Kier molecular flexibility index (Phi) is 3.59. The van der Waals surface area contributed by atoms with Gasteiger partial charge in [0.05, 0.1) is 5.92 Å². The molecule has 2 heterocycles. The fraction of sp³-hybridized carbons (Fsp3) is 0.389. The largest absolute Gasteiger partial charge is 0.360 e. The number of fused-ring (bicyclic) bond motifs is 1. The van der Waals surface area contributed by atoms with Crippen LogP contribution in [0.25, 0.3) is 0 Å². The van der Waals surface area contributed by atoms with Gasteiger partial charge in [-0.2, -0.15) is 0 Å². The van der Waals surface area contributed by atoms with Crippen molar-refractivity contribution in [3.8, 4) is 0 Å². The zero-order valence-electron chi connectivity index (χ0n) is 13.5. The zero-order valence-corrected chi connectivity index (χ0v) is 13.5. The number of rotatable bonds is 3. The molecule has 1 atom stereocenters. The van der Waals surface area contributed by atoms with Crippen LogP contribution in [0.3, 0.4) is 0 Å². The number of nitrogens with one attached hydrogen (secondary N) is 1. The van der Waals surface area contributed by atoms with Crippen LogP contribution < -0.4 is 10.2 Å². The highest BCUT2D eigenvalue weighted by atomic mass is 16.5. The number of benzene rings is 1. The highest BCUT2D eigenvalue weighted by Gasteiger charge is 2.35. The number of aromatic nitrogens is 1. The second-order valence-corrected chi connectivity index (χ2v) is 6.52. The van der Waals surface area contributed by atoms with Crippen molar-refractivity contribution >= 4 is 23.3 Å². The highest BCUT2D eigenvalue weighted by molar-refractivity contribution is 6.03. The predicted octanol–water partition coefficient (Wildman–Crippen LogP) is 2.46. The summed E-state index contributed by atoms with van der Waals surface area (Å²) in [6.07, 6.45) is 3.58. The van der Waals surface area contributed by atoms with E-state index < -0.39 is 0 Å². The first-order chi connectivity index (χ1) is 11.6. The van der Waals surface area contributed by atoms with Crippen molar-refractivity contribution in [3.63, 3.8) is 0 Å². The van der Waals surface area contributed by atoms with Crippen LogP contribution in [-0.2, 0) is 22.4 Å². The molecular weight excluding hydrogens is 306 g/mol. The lowest BCUT2D eigenvalue weighted by molar-refractivity contribution is -0.122. The summed E-state index contributed by atoms with van der Waals surface area (Å²) in [5.74, 6) is 0.445. The van der Waals surface area contributed by atoms with Gasteiger partial charge in [-0.15, -0.1) is 0 Å². The number of carbonyl (C=O) groups is 2. The fourth-order valence-electron chi connectivity index (χ4n) is 3.51. The molecular formula is C18H19N3O3. The van der Waals surface area contributed by atoms with Gasteiger partial charge in [0.1, 0.15) is 5.76 Å². The maximum Gasteiger partial charge on any atom is 0.231 e. The molecule has 24 heavy (non-hydrogen) atoms. The quantitative estimate of drug-likeness (QED) is 0.940. The summed E-state index contributed by atoms with van der Waals surface area (Å²) in [5, 5.41) is 6.47. The second kappa shape index (κ2) is 5.78. The second-order valence-electron chi connectivity index (χ2n) is 6.52. The first-order valence-corrected chi connectivity index (χ1v) is 8.26. The van der Waals surface area contributed by atoms with Gasteiger partial charge in [0.2, 0.25) is 11.8 Å². The van der Waals surface area contributed by atoms with Gasteiger partial charge in [-0.1, -0.05) is 11.2 Å². The minimum absolute atomic E-state index is 0.00979. The molecule has 2 aromatic rings. The number of aryl methyl sites for hydroxylation is 3. The molecule has 1 N–H and O–H groups in total. The zero-order chi connectivity index (χ0) is 16.7. The monoisotopic (exact) mass is 325 g/mol. The van der Waals surface area contributed by atoms with Gasteiger partial charge in [0.25, 0.3) is 0 Å². The van der Waals surface area contributed by atoms with Gasteiger partial charge in [-0.25, -0.2) is 0 Å². The van der Waals surface area contributed by atoms with Gasteiger partial charge in [-0.05, 0) is 49.4 Å². The van der Waals surface area contributed by atoms with Crippen molar-refractivity contribution in [2.24, 2.45) is 5.92 Å². The SMILES string of the molecule is Cc1cc(NC(=O)[C@@H]2CC(=O)N(c3ccc4c(c3)CCC4)C2)no1. The Morgan fingerprint density at radius 2 is 2.12 bits per heavy atom. The third-order valence-electron chi connectivity index (χ3n) is 4.77. The third kappa shape index (κ3) is 2.68. The van der Waals surface area contributed by atoms with Gasteiger partial charge in [0.15, 0.2) is 5.82 Å². The number of nitrogens with zero attached hydrogens (tertiary/aromatic N) is 2. The van der Waals surface area contributed by atoms with E-state index in [1.54, 1.807) is 17.9 Å². The lowest BCUT2D eigenvalue weighted by atomic mass is 10.1. The summed E-state index contributed by atoms with van der Waals surface area (Å²) in [4.78, 5) is 26.4. The predicted molar refractivity (Wildman–Crippen MR) is 88.8 cm³/mol. The van der Waals surface area contributed by atoms with E-state index in [2.05, 4.69) is 22.6 Å². The summed E-state index contributed by atoms with van der Waals surface area (Å²) < 4.78 is 4.94. The number of hydrogen-bond donors (Lipinski definition) is 1. The van der Waals surface area contributed by atoms with Crippen molar-refractivity contribution in [2.45, 2.75) is 32.6 Å². The minimum atomic E-state index is -0.372. The van der Waals surface area contributed by atoms with Crippen LogP contribution in [0, 0.1) is 12.8 Å².